The van der Waals surface area contributed by atoms with E-state index in [1.165, 1.54) is 58.2 Å². The summed E-state index contributed by atoms with van der Waals surface area (Å²) < 4.78 is 0. The van der Waals surface area contributed by atoms with Gasteiger partial charge >= 0.3 is 0 Å². The quantitative estimate of drug-likeness (QED) is 0.828. The minimum absolute atomic E-state index is 0.834. The molecular formula is C16H30N2. The van der Waals surface area contributed by atoms with Gasteiger partial charge in [-0.2, -0.15) is 0 Å². The molecule has 3 rings (SSSR count). The lowest BCUT2D eigenvalue weighted by Crippen LogP contribution is -2.44. The molecule has 0 aromatic carbocycles. The maximum absolute atomic E-state index is 3.60. The molecule has 18 heavy (non-hydrogen) atoms. The number of nitrogens with zero attached hydrogens (tertiary/aromatic N) is 1. The van der Waals surface area contributed by atoms with E-state index in [2.05, 4.69) is 24.1 Å². The molecule has 1 saturated carbocycles. The topological polar surface area (TPSA) is 15.3 Å². The molecule has 0 aromatic rings. The third-order valence-corrected chi connectivity index (χ3v) is 6.03. The van der Waals surface area contributed by atoms with Gasteiger partial charge in [0.15, 0.2) is 0 Å². The van der Waals surface area contributed by atoms with Crippen molar-refractivity contribution in [3.63, 3.8) is 0 Å². The van der Waals surface area contributed by atoms with Gasteiger partial charge in [-0.15, -0.1) is 0 Å². The van der Waals surface area contributed by atoms with Crippen LogP contribution in [0.15, 0.2) is 0 Å². The smallest absolute Gasteiger partial charge is 0.0140 e. The second-order valence-electron chi connectivity index (χ2n) is 6.89. The molecule has 1 aliphatic carbocycles. The minimum Gasteiger partial charge on any atom is -0.316 e. The number of fused-ring (bicyclic) bond motifs is 1. The van der Waals surface area contributed by atoms with Crippen LogP contribution >= 0.6 is 0 Å². The van der Waals surface area contributed by atoms with Gasteiger partial charge in [-0.3, -0.25) is 4.90 Å². The highest BCUT2D eigenvalue weighted by atomic mass is 15.2. The average Bonchev–Trinajstić information content (AvgIpc) is 2.98. The highest BCUT2D eigenvalue weighted by Gasteiger charge is 2.45. The maximum Gasteiger partial charge on any atom is 0.0140 e. The second-order valence-corrected chi connectivity index (χ2v) is 6.89. The van der Waals surface area contributed by atoms with E-state index in [1.54, 1.807) is 0 Å². The molecule has 104 valence electrons. The van der Waals surface area contributed by atoms with Crippen molar-refractivity contribution in [1.82, 2.24) is 10.2 Å². The fourth-order valence-electron chi connectivity index (χ4n) is 4.95. The summed E-state index contributed by atoms with van der Waals surface area (Å²) in [4.78, 5) is 2.90. The summed E-state index contributed by atoms with van der Waals surface area (Å²) in [5, 5.41) is 3.60. The molecule has 2 heterocycles. The van der Waals surface area contributed by atoms with E-state index in [9.17, 15) is 0 Å². The van der Waals surface area contributed by atoms with Crippen LogP contribution in [0.25, 0.3) is 0 Å². The first-order chi connectivity index (χ1) is 8.81. The molecule has 0 aromatic heterocycles. The molecule has 0 radical (unpaired) electrons. The summed E-state index contributed by atoms with van der Waals surface area (Å²) in [5.41, 5.74) is 0. The van der Waals surface area contributed by atoms with Gasteiger partial charge in [-0.05, 0) is 57.0 Å². The fourth-order valence-corrected chi connectivity index (χ4v) is 4.95. The Morgan fingerprint density at radius 1 is 1.17 bits per heavy atom. The average molecular weight is 250 g/mol. The van der Waals surface area contributed by atoms with E-state index in [1.807, 2.05) is 0 Å². The number of nitrogens with one attached hydrogen (secondary N) is 1. The highest BCUT2D eigenvalue weighted by molar-refractivity contribution is 5.00. The highest BCUT2D eigenvalue weighted by Crippen LogP contribution is 2.39. The molecular weight excluding hydrogens is 220 g/mol. The molecule has 0 bridgehead atoms. The van der Waals surface area contributed by atoms with Crippen LogP contribution in [0, 0.1) is 17.8 Å². The molecule has 0 amide bonds. The van der Waals surface area contributed by atoms with Gasteiger partial charge in [0.25, 0.3) is 0 Å². The van der Waals surface area contributed by atoms with Crippen molar-refractivity contribution in [3.8, 4) is 0 Å². The summed E-state index contributed by atoms with van der Waals surface area (Å²) in [5.74, 6) is 2.88. The lowest BCUT2D eigenvalue weighted by molar-refractivity contribution is 0.102. The Hall–Kier alpha value is -0.0800. The summed E-state index contributed by atoms with van der Waals surface area (Å²) in [7, 11) is 0. The summed E-state index contributed by atoms with van der Waals surface area (Å²) in [6, 6.07) is 1.70. The number of likely N-dealkylation sites (tertiary alicyclic amines) is 1. The molecule has 2 saturated heterocycles. The zero-order valence-corrected chi connectivity index (χ0v) is 12.2. The maximum atomic E-state index is 3.60. The van der Waals surface area contributed by atoms with Gasteiger partial charge in [0, 0.05) is 18.6 Å². The Bertz CT molecular complexity index is 272. The first-order valence-corrected chi connectivity index (χ1v) is 8.27. The number of hydrogen-bond donors (Lipinski definition) is 1. The number of rotatable bonds is 3. The van der Waals surface area contributed by atoms with Crippen LogP contribution in [0.1, 0.15) is 52.4 Å². The Morgan fingerprint density at radius 3 is 2.67 bits per heavy atom. The van der Waals surface area contributed by atoms with Gasteiger partial charge in [0.05, 0.1) is 0 Å². The van der Waals surface area contributed by atoms with Gasteiger partial charge in [0.2, 0.25) is 0 Å². The van der Waals surface area contributed by atoms with Crippen LogP contribution in [0.4, 0.5) is 0 Å². The normalized spacial score (nSPS) is 40.0. The van der Waals surface area contributed by atoms with Crippen LogP contribution < -0.4 is 5.32 Å². The molecule has 1 N–H and O–H groups in total. The lowest BCUT2D eigenvalue weighted by Gasteiger charge is -2.38. The molecule has 2 aliphatic heterocycles. The standard InChI is InChI=1S/C16H30N2/c1-3-16-15-10-17-9-14(15)11-18(16)12(2)13-7-5-4-6-8-13/h12-17H,3-11H2,1-2H3. The van der Waals surface area contributed by atoms with E-state index >= 15 is 0 Å². The Kier molecular flexibility index (Phi) is 3.95. The van der Waals surface area contributed by atoms with Crippen LogP contribution in [0.3, 0.4) is 0 Å². The van der Waals surface area contributed by atoms with Crippen molar-refractivity contribution in [2.24, 2.45) is 17.8 Å². The van der Waals surface area contributed by atoms with Crippen molar-refractivity contribution < 1.29 is 0 Å². The first kappa shape index (κ1) is 12.9. The van der Waals surface area contributed by atoms with Crippen molar-refractivity contribution in [2.45, 2.75) is 64.5 Å². The van der Waals surface area contributed by atoms with Gasteiger partial charge in [-0.1, -0.05) is 26.2 Å². The molecule has 2 nitrogen and oxygen atoms in total. The lowest BCUT2D eigenvalue weighted by atomic mass is 9.83. The molecule has 4 atom stereocenters. The second kappa shape index (κ2) is 5.50. The molecule has 2 heteroatoms. The third kappa shape index (κ3) is 2.22. The van der Waals surface area contributed by atoms with E-state index in [0.717, 1.165) is 29.8 Å². The predicted octanol–water partition coefficient (Wildman–Crippen LogP) is 2.89. The van der Waals surface area contributed by atoms with Crippen molar-refractivity contribution in [2.75, 3.05) is 19.6 Å². The monoisotopic (exact) mass is 250 g/mol. The van der Waals surface area contributed by atoms with Crippen LogP contribution in [-0.4, -0.2) is 36.6 Å². The Balaban J connectivity index is 1.67. The Labute approximate surface area is 113 Å². The van der Waals surface area contributed by atoms with Crippen molar-refractivity contribution in [1.29, 1.82) is 0 Å². The van der Waals surface area contributed by atoms with Gasteiger partial charge in [0.1, 0.15) is 0 Å². The van der Waals surface area contributed by atoms with Gasteiger partial charge in [-0.25, -0.2) is 0 Å². The molecule has 0 spiro atoms. The van der Waals surface area contributed by atoms with Crippen LogP contribution in [0.2, 0.25) is 0 Å². The molecule has 3 fully saturated rings. The molecule has 4 unspecified atom stereocenters. The van der Waals surface area contributed by atoms with Crippen LogP contribution in [0.5, 0.6) is 0 Å². The van der Waals surface area contributed by atoms with Crippen molar-refractivity contribution >= 4 is 0 Å². The Morgan fingerprint density at radius 2 is 1.94 bits per heavy atom. The third-order valence-electron chi connectivity index (χ3n) is 6.03. The summed E-state index contributed by atoms with van der Waals surface area (Å²) >= 11 is 0. The fraction of sp³-hybridized carbons (Fsp3) is 1.00. The summed E-state index contributed by atoms with van der Waals surface area (Å²) in [6.45, 7) is 8.83. The first-order valence-electron chi connectivity index (χ1n) is 8.27. The predicted molar refractivity (Wildman–Crippen MR) is 76.7 cm³/mol. The van der Waals surface area contributed by atoms with E-state index in [4.69, 9.17) is 0 Å². The van der Waals surface area contributed by atoms with Crippen molar-refractivity contribution in [3.05, 3.63) is 0 Å². The number of hydrogen-bond acceptors (Lipinski definition) is 2. The van der Waals surface area contributed by atoms with E-state index in [0.29, 0.717) is 0 Å². The minimum atomic E-state index is 0.834. The zero-order valence-electron chi connectivity index (χ0n) is 12.2. The van der Waals surface area contributed by atoms with E-state index in [-0.39, 0.29) is 0 Å². The van der Waals surface area contributed by atoms with Gasteiger partial charge < -0.3 is 5.32 Å². The molecule has 3 aliphatic rings. The van der Waals surface area contributed by atoms with Crippen LogP contribution in [-0.2, 0) is 0 Å². The SMILES string of the molecule is CCC1C2CNCC2CN1C(C)C1CCCCC1. The van der Waals surface area contributed by atoms with E-state index < -0.39 is 0 Å². The summed E-state index contributed by atoms with van der Waals surface area (Å²) in [6.07, 6.45) is 8.76. The largest absolute Gasteiger partial charge is 0.316 e. The zero-order chi connectivity index (χ0) is 12.5.